The molecule has 1 amide bonds. The zero-order valence-corrected chi connectivity index (χ0v) is 44.1. The van der Waals surface area contributed by atoms with Crippen LogP contribution in [0.5, 0.6) is 0 Å². The minimum Gasteiger partial charge on any atom is -0.481 e. The molecule has 0 radical (unpaired) electrons. The number of carbonyl (C=O) groups excluding carboxylic acids is 1. The average Bonchev–Trinajstić information content (AvgIpc) is 3.45. The lowest BCUT2D eigenvalue weighted by molar-refractivity contribution is -0.142. The van der Waals surface area contributed by atoms with Crippen LogP contribution in [-0.2, 0) is 28.9 Å². The van der Waals surface area contributed by atoms with Gasteiger partial charge in [0, 0.05) is 15.7 Å². The molecule has 6 nitrogen and oxygen atoms in total. The van der Waals surface area contributed by atoms with Gasteiger partial charge in [0.05, 0.1) is 23.8 Å². The number of carbonyl (C=O) groups is 2. The summed E-state index contributed by atoms with van der Waals surface area (Å²) in [4.78, 5) is 23.2. The molecule has 0 heterocycles. The van der Waals surface area contributed by atoms with Gasteiger partial charge in [0.1, 0.15) is 0 Å². The van der Waals surface area contributed by atoms with Gasteiger partial charge in [-0.3, -0.25) is 14.8 Å². The minimum absolute atomic E-state index is 0.0517. The molecule has 0 aromatic heterocycles. The number of amides is 1. The van der Waals surface area contributed by atoms with Crippen molar-refractivity contribution in [3.63, 3.8) is 0 Å². The van der Waals surface area contributed by atoms with Gasteiger partial charge in [0.25, 0.3) is 0 Å². The first-order chi connectivity index (χ1) is 35.4. The molecule has 0 spiro atoms. The Labute approximate surface area is 442 Å². The molecule has 3 fully saturated rings. The smallest absolute Gasteiger partial charge is 0.307 e. The van der Waals surface area contributed by atoms with Gasteiger partial charge in [-0.15, -0.1) is 0 Å². The molecule has 376 valence electrons. The van der Waals surface area contributed by atoms with Gasteiger partial charge in [-0.05, 0) is 125 Å². The Balaban J connectivity index is 0.000000159. The van der Waals surface area contributed by atoms with E-state index in [0.29, 0.717) is 15.7 Å². The number of aryl methyl sites for hydroxylation is 3. The fourth-order valence-electron chi connectivity index (χ4n) is 10.2. The van der Waals surface area contributed by atoms with Crippen LogP contribution in [0.15, 0.2) is 164 Å². The summed E-state index contributed by atoms with van der Waals surface area (Å²) in [6.45, 7) is 0. The number of aliphatic carboxylic acids is 1. The van der Waals surface area contributed by atoms with Gasteiger partial charge in [-0.1, -0.05) is 202 Å². The molecular weight excluding hydrogens is 945 g/mol. The van der Waals surface area contributed by atoms with Crippen molar-refractivity contribution < 1.29 is 19.9 Å². The summed E-state index contributed by atoms with van der Waals surface area (Å²) in [7, 11) is 0. The Morgan fingerprint density at radius 2 is 0.764 bits per heavy atom. The summed E-state index contributed by atoms with van der Waals surface area (Å²) in [5.74, 6) is 2.36. The monoisotopic (exact) mass is 1020 g/mol. The molecule has 3 saturated carbocycles. The molecule has 72 heavy (non-hydrogen) atoms. The van der Waals surface area contributed by atoms with E-state index in [0.717, 1.165) is 81.5 Å². The van der Waals surface area contributed by atoms with Gasteiger partial charge < -0.3 is 5.11 Å². The van der Waals surface area contributed by atoms with E-state index in [9.17, 15) is 20.0 Å². The van der Waals surface area contributed by atoms with Crippen LogP contribution < -0.4 is 5.48 Å². The Bertz CT molecular complexity index is 2540. The molecule has 9 heteroatoms. The molecule has 6 aromatic rings. The summed E-state index contributed by atoms with van der Waals surface area (Å²) in [5.41, 5.74) is 13.4. The van der Waals surface area contributed by atoms with Gasteiger partial charge >= 0.3 is 5.97 Å². The van der Waals surface area contributed by atoms with E-state index >= 15 is 0 Å². The number of thioether (sulfide) groups is 3. The van der Waals surface area contributed by atoms with E-state index in [1.807, 2.05) is 52.9 Å². The fourth-order valence-corrected chi connectivity index (χ4v) is 14.5. The summed E-state index contributed by atoms with van der Waals surface area (Å²) in [6.07, 6.45) is 16.3. The molecule has 2 unspecified atom stereocenters. The van der Waals surface area contributed by atoms with Crippen LogP contribution in [0.2, 0.25) is 0 Å². The number of nitrogens with zero attached hydrogens (tertiary/aromatic N) is 1. The quantitative estimate of drug-likeness (QED) is 0.0612. The summed E-state index contributed by atoms with van der Waals surface area (Å²) in [6, 6.07) is 60.2. The maximum Gasteiger partial charge on any atom is 0.307 e. The van der Waals surface area contributed by atoms with Crippen LogP contribution in [0.3, 0.4) is 0 Å². The zero-order valence-electron chi connectivity index (χ0n) is 41.7. The number of hydrogen-bond acceptors (Lipinski definition) is 7. The van der Waals surface area contributed by atoms with Gasteiger partial charge in [-0.2, -0.15) is 40.5 Å². The molecular formula is C63H72N2O4S3. The van der Waals surface area contributed by atoms with Crippen molar-refractivity contribution in [2.24, 2.45) is 17.8 Å². The highest BCUT2D eigenvalue weighted by molar-refractivity contribution is 8.00. The van der Waals surface area contributed by atoms with Crippen molar-refractivity contribution in [1.29, 1.82) is 5.26 Å². The summed E-state index contributed by atoms with van der Waals surface area (Å²) in [5, 5.41) is 28.7. The molecule has 0 aliphatic heterocycles. The number of nitriles is 1. The Morgan fingerprint density at radius 3 is 1.14 bits per heavy atom. The molecule has 0 bridgehead atoms. The average molecular weight is 1020 g/mol. The zero-order chi connectivity index (χ0) is 50.2. The number of nitrogens with one attached hydrogen (secondary N) is 1. The Morgan fingerprint density at radius 1 is 0.444 bits per heavy atom. The van der Waals surface area contributed by atoms with Gasteiger partial charge in [-0.25, -0.2) is 5.48 Å². The second-order valence-electron chi connectivity index (χ2n) is 19.3. The van der Waals surface area contributed by atoms with Crippen LogP contribution in [0, 0.1) is 29.1 Å². The topological polar surface area (TPSA) is 110 Å². The highest BCUT2D eigenvalue weighted by Gasteiger charge is 2.32. The molecule has 0 saturated heterocycles. The maximum atomic E-state index is 11.8. The van der Waals surface area contributed by atoms with Crippen molar-refractivity contribution in [3.05, 3.63) is 180 Å². The van der Waals surface area contributed by atoms with Crippen LogP contribution in [-0.4, -0.2) is 55.2 Å². The third-order valence-corrected chi connectivity index (χ3v) is 18.7. The molecule has 3 aliphatic rings. The van der Waals surface area contributed by atoms with Crippen LogP contribution >= 0.6 is 35.3 Å². The lowest BCUT2D eigenvalue weighted by Gasteiger charge is -2.29. The minimum atomic E-state index is -0.612. The third-order valence-electron chi connectivity index (χ3n) is 14.4. The van der Waals surface area contributed by atoms with Crippen LogP contribution in [0.1, 0.15) is 93.7 Å². The second-order valence-corrected chi connectivity index (χ2v) is 23.3. The predicted octanol–water partition coefficient (Wildman–Crippen LogP) is 15.7. The van der Waals surface area contributed by atoms with E-state index in [1.54, 1.807) is 0 Å². The summed E-state index contributed by atoms with van der Waals surface area (Å²) < 4.78 is 0. The lowest BCUT2D eigenvalue weighted by Crippen LogP contribution is -2.36. The summed E-state index contributed by atoms with van der Waals surface area (Å²) >= 11 is 5.72. The molecule has 6 aromatic carbocycles. The van der Waals surface area contributed by atoms with E-state index in [2.05, 4.69) is 158 Å². The van der Waals surface area contributed by atoms with Gasteiger partial charge in [0.2, 0.25) is 5.91 Å². The second kappa shape index (κ2) is 30.1. The van der Waals surface area contributed by atoms with Crippen molar-refractivity contribution in [2.75, 3.05) is 17.3 Å². The van der Waals surface area contributed by atoms with Crippen molar-refractivity contribution in [3.8, 4) is 39.4 Å². The van der Waals surface area contributed by atoms with Crippen molar-refractivity contribution in [1.82, 2.24) is 5.48 Å². The maximum absolute atomic E-state index is 11.8. The first kappa shape index (κ1) is 54.5. The predicted molar refractivity (Wildman–Crippen MR) is 305 cm³/mol. The molecule has 3 aliphatic carbocycles. The van der Waals surface area contributed by atoms with Crippen molar-refractivity contribution in [2.45, 2.75) is 112 Å². The first-order valence-corrected chi connectivity index (χ1v) is 29.4. The SMILES string of the molecule is N#CC1CCCCC1SCCc1ccc(-c2ccccc2)cc1.O=C(NO)[C@H]1CCCC[C@@H]1SCCc1ccc(-c2ccccc2)cc1.O=C(O)[C@H]1CCCC[C@@H]1SCCc1ccc(-c2ccccc2)cc1. The van der Waals surface area contributed by atoms with E-state index < -0.39 is 5.97 Å². The van der Waals surface area contributed by atoms with Crippen molar-refractivity contribution >= 4 is 47.2 Å². The van der Waals surface area contributed by atoms with Gasteiger partial charge in [0.15, 0.2) is 0 Å². The number of hydrogen-bond donors (Lipinski definition) is 3. The lowest BCUT2D eigenvalue weighted by atomic mass is 9.88. The largest absolute Gasteiger partial charge is 0.481 e. The first-order valence-electron chi connectivity index (χ1n) is 26.2. The Hall–Kier alpha value is -5.24. The molecule has 9 rings (SSSR count). The Kier molecular flexibility index (Phi) is 22.8. The van der Waals surface area contributed by atoms with E-state index in [4.69, 9.17) is 5.21 Å². The van der Waals surface area contributed by atoms with E-state index in [1.165, 1.54) is 82.2 Å². The molecule has 3 N–H and O–H groups in total. The van der Waals surface area contributed by atoms with E-state index in [-0.39, 0.29) is 23.7 Å². The highest BCUT2D eigenvalue weighted by atomic mass is 32.2. The number of benzene rings is 6. The number of rotatable bonds is 17. The number of carboxylic acid groups (broad SMARTS) is 1. The normalized spacial score (nSPS) is 20.6. The van der Waals surface area contributed by atoms with Crippen LogP contribution in [0.4, 0.5) is 0 Å². The highest BCUT2D eigenvalue weighted by Crippen LogP contribution is 2.36. The molecule has 6 atom stereocenters. The number of carboxylic acids is 1. The number of hydroxylamine groups is 1. The standard InChI is InChI=1S/C21H25NO2S.C21H23NS.C21H24O2S/c23-21(22-24)19-8-4-5-9-20(19)25-15-14-16-10-12-18(13-11-16)17-6-2-1-3-7-17;22-16-20-8-4-5-9-21(20)23-15-14-17-10-12-19(13-11-17)18-6-2-1-3-7-18;22-21(23)19-8-4-5-9-20(19)24-15-14-16-10-12-18(13-11-16)17-6-2-1-3-7-17/h1-3,6-7,10-13,19-20,24H,4-5,8-9,14-15H2,(H,22,23);1-3,6-7,10-13,20-21H,4-5,8-9,14-15H2;1-3,6-7,10-13,19-20H,4-5,8-9,14-15H2,(H,22,23)/t19-,20-;;19-,20-/m0.0/s1. The van der Waals surface area contributed by atoms with Crippen LogP contribution in [0.25, 0.3) is 33.4 Å². The fraction of sp³-hybridized carbons (Fsp3) is 0.381. The third kappa shape index (κ3) is 17.2.